The molecular weight excluding hydrogens is 318 g/mol. The molecule has 5 heteroatoms. The average Bonchev–Trinajstić information content (AvgIpc) is 3.16. The number of benzene rings is 1. The number of hydrogen-bond donors (Lipinski definition) is 0. The predicted octanol–water partition coefficient (Wildman–Crippen LogP) is 2.69. The number of nitrogens with zero attached hydrogens (tertiary/aromatic N) is 3. The summed E-state index contributed by atoms with van der Waals surface area (Å²) < 4.78 is 0. The Morgan fingerprint density at radius 3 is 2.58 bits per heavy atom. The van der Waals surface area contributed by atoms with Crippen molar-refractivity contribution in [3.63, 3.8) is 0 Å². The standard InChI is InChI=1S/C19H27N3OS/c23-19(22-13-14-24-18-8-4-3-7-17(18)22)15-20-9-11-21(12-10-20)16-5-1-2-6-16/h3-4,7-8,16H,1-2,5-6,9-15H2. The molecule has 130 valence electrons. The molecule has 2 fully saturated rings. The first kappa shape index (κ1) is 16.4. The van der Waals surface area contributed by atoms with E-state index in [9.17, 15) is 4.79 Å². The van der Waals surface area contributed by atoms with Crippen LogP contribution in [0.3, 0.4) is 0 Å². The fourth-order valence-corrected chi connectivity index (χ4v) is 5.26. The second-order valence-electron chi connectivity index (χ2n) is 7.11. The van der Waals surface area contributed by atoms with Crippen LogP contribution >= 0.6 is 11.8 Å². The van der Waals surface area contributed by atoms with E-state index in [2.05, 4.69) is 28.0 Å². The van der Waals surface area contributed by atoms with Gasteiger partial charge in [0.2, 0.25) is 5.91 Å². The van der Waals surface area contributed by atoms with Gasteiger partial charge in [-0.1, -0.05) is 25.0 Å². The fraction of sp³-hybridized carbons (Fsp3) is 0.632. The van der Waals surface area contributed by atoms with E-state index in [4.69, 9.17) is 0 Å². The highest BCUT2D eigenvalue weighted by molar-refractivity contribution is 7.99. The summed E-state index contributed by atoms with van der Waals surface area (Å²) in [4.78, 5) is 21.1. The Bertz CT molecular complexity index is 580. The lowest BCUT2D eigenvalue weighted by molar-refractivity contribution is -0.120. The summed E-state index contributed by atoms with van der Waals surface area (Å²) in [6.07, 6.45) is 5.55. The lowest BCUT2D eigenvalue weighted by atomic mass is 10.2. The molecule has 4 rings (SSSR count). The maximum Gasteiger partial charge on any atom is 0.241 e. The van der Waals surface area contributed by atoms with Gasteiger partial charge >= 0.3 is 0 Å². The maximum absolute atomic E-state index is 12.8. The van der Waals surface area contributed by atoms with Crippen molar-refractivity contribution in [1.29, 1.82) is 0 Å². The molecule has 1 saturated heterocycles. The summed E-state index contributed by atoms with van der Waals surface area (Å²) in [5.74, 6) is 1.26. The van der Waals surface area contributed by atoms with E-state index in [0.717, 1.165) is 50.2 Å². The number of fused-ring (bicyclic) bond motifs is 1. The third kappa shape index (κ3) is 3.48. The van der Waals surface area contributed by atoms with Crippen molar-refractivity contribution in [1.82, 2.24) is 9.80 Å². The van der Waals surface area contributed by atoms with Gasteiger partial charge < -0.3 is 4.90 Å². The fourth-order valence-electron chi connectivity index (χ4n) is 4.26. The van der Waals surface area contributed by atoms with Gasteiger partial charge in [0.1, 0.15) is 0 Å². The summed E-state index contributed by atoms with van der Waals surface area (Å²) in [7, 11) is 0. The summed E-state index contributed by atoms with van der Waals surface area (Å²) in [5, 5.41) is 0. The third-order valence-corrected chi connectivity index (χ3v) is 6.68. The second-order valence-corrected chi connectivity index (χ2v) is 8.25. The number of rotatable bonds is 3. The summed E-state index contributed by atoms with van der Waals surface area (Å²) in [6.45, 7) is 5.73. The van der Waals surface area contributed by atoms with E-state index in [0.29, 0.717) is 6.54 Å². The van der Waals surface area contributed by atoms with Crippen LogP contribution in [0, 0.1) is 0 Å². The van der Waals surface area contributed by atoms with Crippen LogP contribution in [0.5, 0.6) is 0 Å². The molecule has 3 aliphatic rings. The molecule has 0 unspecified atom stereocenters. The third-order valence-electron chi connectivity index (χ3n) is 5.64. The minimum atomic E-state index is 0.261. The largest absolute Gasteiger partial charge is 0.309 e. The first-order valence-corrected chi connectivity index (χ1v) is 10.3. The molecule has 2 aliphatic heterocycles. The number of carbonyl (C=O) groups is 1. The summed E-state index contributed by atoms with van der Waals surface area (Å²) in [6, 6.07) is 9.11. The quantitative estimate of drug-likeness (QED) is 0.842. The van der Waals surface area contributed by atoms with Crippen LogP contribution in [0.2, 0.25) is 0 Å². The molecule has 24 heavy (non-hydrogen) atoms. The minimum absolute atomic E-state index is 0.261. The number of anilines is 1. The molecule has 1 aromatic carbocycles. The Kier molecular flexibility index (Phi) is 5.11. The molecule has 1 amide bonds. The van der Waals surface area contributed by atoms with Gasteiger partial charge in [0, 0.05) is 49.4 Å². The zero-order chi connectivity index (χ0) is 16.4. The van der Waals surface area contributed by atoms with Gasteiger partial charge in [-0.25, -0.2) is 0 Å². The molecule has 0 aromatic heterocycles. The van der Waals surface area contributed by atoms with E-state index in [1.165, 1.54) is 30.6 Å². The SMILES string of the molecule is O=C(CN1CCN(C2CCCC2)CC1)N1CCSc2ccccc21. The van der Waals surface area contributed by atoms with Gasteiger partial charge in [0.25, 0.3) is 0 Å². The molecule has 0 radical (unpaired) electrons. The van der Waals surface area contributed by atoms with Crippen LogP contribution in [0.4, 0.5) is 5.69 Å². The molecule has 1 aromatic rings. The van der Waals surface area contributed by atoms with Gasteiger partial charge in [0.05, 0.1) is 12.2 Å². The van der Waals surface area contributed by atoms with E-state index < -0.39 is 0 Å². The van der Waals surface area contributed by atoms with Crippen molar-refractivity contribution in [2.75, 3.05) is 49.9 Å². The Balaban J connectivity index is 1.33. The normalized spacial score (nSPS) is 23.4. The van der Waals surface area contributed by atoms with Crippen LogP contribution in [0.1, 0.15) is 25.7 Å². The van der Waals surface area contributed by atoms with Crippen LogP contribution in [0.25, 0.3) is 0 Å². The van der Waals surface area contributed by atoms with Gasteiger partial charge in [-0.3, -0.25) is 14.6 Å². The number of hydrogen-bond acceptors (Lipinski definition) is 4. The monoisotopic (exact) mass is 345 g/mol. The van der Waals surface area contributed by atoms with Crippen LogP contribution in [0.15, 0.2) is 29.2 Å². The first-order chi connectivity index (χ1) is 11.8. The highest BCUT2D eigenvalue weighted by Gasteiger charge is 2.28. The van der Waals surface area contributed by atoms with Crippen molar-refractivity contribution < 1.29 is 4.79 Å². The van der Waals surface area contributed by atoms with Crippen LogP contribution in [-0.4, -0.2) is 66.8 Å². The first-order valence-electron chi connectivity index (χ1n) is 9.30. The van der Waals surface area contributed by atoms with Gasteiger partial charge in [-0.2, -0.15) is 0 Å². The van der Waals surface area contributed by atoms with Gasteiger partial charge in [-0.15, -0.1) is 11.8 Å². The van der Waals surface area contributed by atoms with Crippen molar-refractivity contribution in [3.8, 4) is 0 Å². The smallest absolute Gasteiger partial charge is 0.241 e. The zero-order valence-corrected chi connectivity index (χ0v) is 15.1. The zero-order valence-electron chi connectivity index (χ0n) is 14.3. The second kappa shape index (κ2) is 7.46. The van der Waals surface area contributed by atoms with Crippen LogP contribution < -0.4 is 4.90 Å². The van der Waals surface area contributed by atoms with Crippen molar-refractivity contribution in [3.05, 3.63) is 24.3 Å². The van der Waals surface area contributed by atoms with E-state index >= 15 is 0 Å². The average molecular weight is 346 g/mol. The molecule has 0 spiro atoms. The Labute approximate surface area is 149 Å². The van der Waals surface area contributed by atoms with Gasteiger partial charge in [-0.05, 0) is 25.0 Å². The van der Waals surface area contributed by atoms with E-state index in [1.807, 2.05) is 22.7 Å². The lowest BCUT2D eigenvalue weighted by Crippen LogP contribution is -2.52. The molecule has 0 atom stereocenters. The Hall–Kier alpha value is -1.04. The van der Waals surface area contributed by atoms with Crippen molar-refractivity contribution in [2.24, 2.45) is 0 Å². The molecule has 0 N–H and O–H groups in total. The lowest BCUT2D eigenvalue weighted by Gasteiger charge is -2.38. The molecule has 0 bridgehead atoms. The predicted molar refractivity (Wildman–Crippen MR) is 99.8 cm³/mol. The summed E-state index contributed by atoms with van der Waals surface area (Å²) in [5.41, 5.74) is 1.10. The summed E-state index contributed by atoms with van der Waals surface area (Å²) >= 11 is 1.86. The number of piperazine rings is 1. The van der Waals surface area contributed by atoms with E-state index in [-0.39, 0.29) is 5.91 Å². The highest BCUT2D eigenvalue weighted by Crippen LogP contribution is 2.34. The Morgan fingerprint density at radius 1 is 1.04 bits per heavy atom. The molecule has 2 heterocycles. The number of thioether (sulfide) groups is 1. The number of para-hydroxylation sites is 1. The molecule has 4 nitrogen and oxygen atoms in total. The Morgan fingerprint density at radius 2 is 1.79 bits per heavy atom. The molecular formula is C19H27N3OS. The topological polar surface area (TPSA) is 26.8 Å². The minimum Gasteiger partial charge on any atom is -0.309 e. The number of amides is 1. The molecule has 1 aliphatic carbocycles. The van der Waals surface area contributed by atoms with Crippen LogP contribution in [-0.2, 0) is 4.79 Å². The molecule has 1 saturated carbocycles. The highest BCUT2D eigenvalue weighted by atomic mass is 32.2. The van der Waals surface area contributed by atoms with Crippen molar-refractivity contribution in [2.45, 2.75) is 36.6 Å². The number of carbonyl (C=O) groups excluding carboxylic acids is 1. The van der Waals surface area contributed by atoms with Crippen molar-refractivity contribution >= 4 is 23.4 Å². The van der Waals surface area contributed by atoms with Gasteiger partial charge in [0.15, 0.2) is 0 Å². The van der Waals surface area contributed by atoms with E-state index in [1.54, 1.807) is 0 Å². The maximum atomic E-state index is 12.8.